The highest BCUT2D eigenvalue weighted by atomic mass is 32.2. The average molecular weight is 423 g/mol. The molecule has 0 aliphatic carbocycles. The molecule has 0 saturated heterocycles. The molecule has 3 rings (SSSR count). The third kappa shape index (κ3) is 6.56. The van der Waals surface area contributed by atoms with Gasteiger partial charge in [-0.05, 0) is 60.4 Å². The normalized spacial score (nSPS) is 11.3. The van der Waals surface area contributed by atoms with E-state index in [4.69, 9.17) is 4.18 Å². The van der Waals surface area contributed by atoms with Gasteiger partial charge in [-0.25, -0.2) is 5.43 Å². The Balaban J connectivity index is 1.45. The van der Waals surface area contributed by atoms with Crippen LogP contribution in [0, 0.1) is 0 Å². The van der Waals surface area contributed by atoms with Crippen LogP contribution in [0.2, 0.25) is 0 Å². The summed E-state index contributed by atoms with van der Waals surface area (Å²) in [5.74, 6) is 0.0389. The number of nitrogens with zero attached hydrogens (tertiary/aromatic N) is 1. The van der Waals surface area contributed by atoms with Gasteiger partial charge in [0.05, 0.1) is 6.21 Å². The highest BCUT2D eigenvalue weighted by Gasteiger charge is 2.15. The standard InChI is InChI=1S/C23H22N2O4S/c26-23(13-7-10-19-8-3-1-4-9-19)25-24-18-20-14-16-21(17-15-20)29-30(27,28)22-11-5-2-6-12-22/h1-6,8-9,11-12,14-18H,7,10,13H2,(H,25,26)/b24-18+. The fourth-order valence-corrected chi connectivity index (χ4v) is 3.66. The van der Waals surface area contributed by atoms with Crippen molar-refractivity contribution >= 4 is 22.2 Å². The third-order valence-corrected chi connectivity index (χ3v) is 5.49. The summed E-state index contributed by atoms with van der Waals surface area (Å²) in [6, 6.07) is 24.3. The molecule has 0 aromatic heterocycles. The van der Waals surface area contributed by atoms with Gasteiger partial charge in [-0.15, -0.1) is 0 Å². The second-order valence-corrected chi connectivity index (χ2v) is 8.10. The number of hydrogen-bond acceptors (Lipinski definition) is 5. The number of hydrogen-bond donors (Lipinski definition) is 1. The first kappa shape index (κ1) is 21.3. The molecule has 1 N–H and O–H groups in total. The Morgan fingerprint density at radius 3 is 2.20 bits per heavy atom. The lowest BCUT2D eigenvalue weighted by Crippen LogP contribution is -2.17. The van der Waals surface area contributed by atoms with E-state index in [2.05, 4.69) is 10.5 Å². The summed E-state index contributed by atoms with van der Waals surface area (Å²) >= 11 is 0. The van der Waals surface area contributed by atoms with Gasteiger partial charge in [-0.3, -0.25) is 4.79 Å². The average Bonchev–Trinajstić information content (AvgIpc) is 2.76. The van der Waals surface area contributed by atoms with Crippen molar-refractivity contribution in [2.45, 2.75) is 24.2 Å². The molecule has 0 bridgehead atoms. The van der Waals surface area contributed by atoms with Crippen LogP contribution in [-0.2, 0) is 21.3 Å². The molecule has 1 amide bonds. The van der Waals surface area contributed by atoms with E-state index < -0.39 is 10.1 Å². The van der Waals surface area contributed by atoms with E-state index in [-0.39, 0.29) is 16.6 Å². The SMILES string of the molecule is O=C(CCCc1ccccc1)N/N=C/c1ccc(OS(=O)(=O)c2ccccc2)cc1. The number of benzene rings is 3. The maximum absolute atomic E-state index is 12.2. The minimum atomic E-state index is -3.87. The molecule has 3 aromatic rings. The Hall–Kier alpha value is -3.45. The van der Waals surface area contributed by atoms with Crippen LogP contribution in [0.1, 0.15) is 24.0 Å². The molecule has 154 valence electrons. The number of aryl methyl sites for hydroxylation is 1. The summed E-state index contributed by atoms with van der Waals surface area (Å²) in [6.07, 6.45) is 3.46. The van der Waals surface area contributed by atoms with Crippen LogP contribution in [0.3, 0.4) is 0 Å². The van der Waals surface area contributed by atoms with Gasteiger partial charge in [0, 0.05) is 6.42 Å². The van der Waals surface area contributed by atoms with E-state index in [1.165, 1.54) is 36.0 Å². The van der Waals surface area contributed by atoms with Crippen molar-refractivity contribution in [2.24, 2.45) is 5.10 Å². The number of rotatable bonds is 9. The molecule has 0 spiro atoms. The molecule has 0 saturated carbocycles. The lowest BCUT2D eigenvalue weighted by molar-refractivity contribution is -0.121. The van der Waals surface area contributed by atoms with Gasteiger partial charge < -0.3 is 4.18 Å². The van der Waals surface area contributed by atoms with Gasteiger partial charge in [-0.2, -0.15) is 13.5 Å². The van der Waals surface area contributed by atoms with Crippen LogP contribution >= 0.6 is 0 Å². The Morgan fingerprint density at radius 1 is 0.900 bits per heavy atom. The topological polar surface area (TPSA) is 84.8 Å². The predicted molar refractivity (Wildman–Crippen MR) is 116 cm³/mol. The van der Waals surface area contributed by atoms with E-state index in [1.54, 1.807) is 30.3 Å². The fraction of sp³-hybridized carbons (Fsp3) is 0.130. The second kappa shape index (κ2) is 10.4. The highest BCUT2D eigenvalue weighted by Crippen LogP contribution is 2.18. The number of carbonyl (C=O) groups is 1. The van der Waals surface area contributed by atoms with Gasteiger partial charge >= 0.3 is 10.1 Å². The minimum Gasteiger partial charge on any atom is -0.379 e. The minimum absolute atomic E-state index is 0.0885. The molecule has 0 heterocycles. The first-order valence-corrected chi connectivity index (χ1v) is 10.9. The number of nitrogens with one attached hydrogen (secondary N) is 1. The zero-order valence-electron chi connectivity index (χ0n) is 16.3. The Kier molecular flexibility index (Phi) is 7.34. The summed E-state index contributed by atoms with van der Waals surface area (Å²) < 4.78 is 29.6. The Bertz CT molecular complexity index is 1080. The van der Waals surface area contributed by atoms with Crippen molar-refractivity contribution in [1.29, 1.82) is 0 Å². The lowest BCUT2D eigenvalue weighted by Gasteiger charge is -2.07. The first-order valence-electron chi connectivity index (χ1n) is 9.48. The Morgan fingerprint density at radius 2 is 1.53 bits per heavy atom. The molecule has 0 radical (unpaired) electrons. The van der Waals surface area contributed by atoms with Gasteiger partial charge in [0.2, 0.25) is 5.91 Å². The second-order valence-electron chi connectivity index (χ2n) is 6.55. The van der Waals surface area contributed by atoms with Crippen LogP contribution in [0.15, 0.2) is 94.9 Å². The molecular formula is C23H22N2O4S. The van der Waals surface area contributed by atoms with Crippen molar-refractivity contribution < 1.29 is 17.4 Å². The van der Waals surface area contributed by atoms with Gasteiger partial charge in [0.1, 0.15) is 10.6 Å². The van der Waals surface area contributed by atoms with E-state index in [9.17, 15) is 13.2 Å². The first-order chi connectivity index (χ1) is 14.5. The van der Waals surface area contributed by atoms with E-state index in [0.717, 1.165) is 12.8 Å². The van der Waals surface area contributed by atoms with E-state index >= 15 is 0 Å². The number of hydrazone groups is 1. The van der Waals surface area contributed by atoms with Crippen molar-refractivity contribution in [2.75, 3.05) is 0 Å². The molecule has 0 atom stereocenters. The predicted octanol–water partition coefficient (Wildman–Crippen LogP) is 3.93. The molecule has 0 aliphatic heterocycles. The third-order valence-electron chi connectivity index (χ3n) is 4.23. The smallest absolute Gasteiger partial charge is 0.339 e. The molecule has 3 aromatic carbocycles. The molecule has 6 nitrogen and oxygen atoms in total. The van der Waals surface area contributed by atoms with E-state index in [1.807, 2.05) is 30.3 Å². The molecular weight excluding hydrogens is 400 g/mol. The van der Waals surface area contributed by atoms with Crippen molar-refractivity contribution in [3.63, 3.8) is 0 Å². The highest BCUT2D eigenvalue weighted by molar-refractivity contribution is 7.87. The lowest BCUT2D eigenvalue weighted by atomic mass is 10.1. The van der Waals surface area contributed by atoms with Crippen molar-refractivity contribution in [3.05, 3.63) is 96.1 Å². The van der Waals surface area contributed by atoms with Gasteiger partial charge in [-0.1, -0.05) is 48.5 Å². The molecule has 0 aliphatic rings. The summed E-state index contributed by atoms with van der Waals surface area (Å²) in [4.78, 5) is 11.9. The van der Waals surface area contributed by atoms with Crippen LogP contribution in [0.25, 0.3) is 0 Å². The summed E-state index contributed by atoms with van der Waals surface area (Å²) in [5, 5.41) is 3.94. The van der Waals surface area contributed by atoms with Crippen LogP contribution < -0.4 is 9.61 Å². The molecule has 0 fully saturated rings. The number of amides is 1. The monoisotopic (exact) mass is 422 g/mol. The van der Waals surface area contributed by atoms with Crippen LogP contribution in [0.4, 0.5) is 0 Å². The van der Waals surface area contributed by atoms with Crippen molar-refractivity contribution in [1.82, 2.24) is 5.43 Å². The van der Waals surface area contributed by atoms with E-state index in [0.29, 0.717) is 12.0 Å². The van der Waals surface area contributed by atoms with Crippen LogP contribution in [-0.4, -0.2) is 20.5 Å². The Labute approximate surface area is 176 Å². The zero-order valence-corrected chi connectivity index (χ0v) is 17.1. The van der Waals surface area contributed by atoms with Crippen molar-refractivity contribution in [3.8, 4) is 5.75 Å². The fourth-order valence-electron chi connectivity index (χ4n) is 2.70. The van der Waals surface area contributed by atoms with Gasteiger partial charge in [0.25, 0.3) is 0 Å². The number of carbonyl (C=O) groups excluding carboxylic acids is 1. The largest absolute Gasteiger partial charge is 0.379 e. The maximum Gasteiger partial charge on any atom is 0.339 e. The molecule has 0 unspecified atom stereocenters. The summed E-state index contributed by atoms with van der Waals surface area (Å²) in [5.41, 5.74) is 4.39. The van der Waals surface area contributed by atoms with Gasteiger partial charge in [0.15, 0.2) is 0 Å². The maximum atomic E-state index is 12.2. The molecule has 7 heteroatoms. The van der Waals surface area contributed by atoms with Crippen LogP contribution in [0.5, 0.6) is 5.75 Å². The molecule has 30 heavy (non-hydrogen) atoms. The zero-order chi connectivity index (χ0) is 21.2. The summed E-state index contributed by atoms with van der Waals surface area (Å²) in [7, 11) is -3.87. The summed E-state index contributed by atoms with van der Waals surface area (Å²) in [6.45, 7) is 0. The quantitative estimate of drug-likeness (QED) is 0.322.